The minimum absolute atomic E-state index is 0.0766. The summed E-state index contributed by atoms with van der Waals surface area (Å²) in [7, 11) is -3.90. The van der Waals surface area contributed by atoms with Gasteiger partial charge in [0, 0.05) is 6.42 Å². The number of imidazole rings is 1. The van der Waals surface area contributed by atoms with E-state index in [2.05, 4.69) is 30.6 Å². The number of benzene rings is 1. The quantitative estimate of drug-likeness (QED) is 0.588. The van der Waals surface area contributed by atoms with E-state index in [4.69, 9.17) is 0 Å². The van der Waals surface area contributed by atoms with Crippen molar-refractivity contribution >= 4 is 54.7 Å². The number of para-hydroxylation sites is 2. The maximum absolute atomic E-state index is 12.5. The minimum Gasteiger partial charge on any atom is -0.480 e. The molecule has 0 saturated carbocycles. The van der Waals surface area contributed by atoms with Crippen molar-refractivity contribution < 1.29 is 18.3 Å². The highest BCUT2D eigenvalue weighted by atomic mass is 79.9. The number of hydrogen-bond acceptors (Lipinski definition) is 5. The SMILES string of the molecule is CC1(Br)CC=C(S(=O)(=O)NC(Cc2nc3ccccc3[nH]2)C(=O)O)S1. The Hall–Kier alpha value is -1.36. The number of carboxylic acid groups (broad SMARTS) is 1. The number of aromatic nitrogens is 2. The summed E-state index contributed by atoms with van der Waals surface area (Å²) in [6.07, 6.45) is 2.05. The Balaban J connectivity index is 1.78. The molecule has 134 valence electrons. The molecule has 3 N–H and O–H groups in total. The first-order chi connectivity index (χ1) is 11.7. The van der Waals surface area contributed by atoms with Gasteiger partial charge in [0.05, 0.1) is 14.7 Å². The summed E-state index contributed by atoms with van der Waals surface area (Å²) in [4.78, 5) is 18.9. The van der Waals surface area contributed by atoms with E-state index in [0.29, 0.717) is 17.8 Å². The fourth-order valence-corrected chi connectivity index (χ4v) is 6.32. The van der Waals surface area contributed by atoms with Crippen LogP contribution in [-0.4, -0.2) is 39.2 Å². The third kappa shape index (κ3) is 4.25. The van der Waals surface area contributed by atoms with Crippen molar-refractivity contribution in [3.63, 3.8) is 0 Å². The van der Waals surface area contributed by atoms with Gasteiger partial charge in [-0.3, -0.25) is 4.79 Å². The first-order valence-corrected chi connectivity index (χ1v) is 10.5. The second-order valence-electron chi connectivity index (χ2n) is 5.85. The lowest BCUT2D eigenvalue weighted by atomic mass is 10.2. The van der Waals surface area contributed by atoms with Crippen molar-refractivity contribution in [1.82, 2.24) is 14.7 Å². The van der Waals surface area contributed by atoms with Crippen molar-refractivity contribution in [2.24, 2.45) is 0 Å². The predicted octanol–water partition coefficient (Wildman–Crippen LogP) is 2.57. The molecule has 0 saturated heterocycles. The molecule has 1 aromatic heterocycles. The highest BCUT2D eigenvalue weighted by Gasteiger charge is 2.36. The lowest BCUT2D eigenvalue weighted by molar-refractivity contribution is -0.138. The molecule has 0 radical (unpaired) electrons. The van der Waals surface area contributed by atoms with Gasteiger partial charge in [-0.15, -0.1) is 0 Å². The van der Waals surface area contributed by atoms with E-state index in [0.717, 1.165) is 17.3 Å². The summed E-state index contributed by atoms with van der Waals surface area (Å²) in [6, 6.07) is 5.97. The smallest absolute Gasteiger partial charge is 0.322 e. The van der Waals surface area contributed by atoms with Gasteiger partial charge >= 0.3 is 5.97 Å². The number of sulfonamides is 1. The first kappa shape index (κ1) is 18.4. The minimum atomic E-state index is -3.90. The van der Waals surface area contributed by atoms with Crippen molar-refractivity contribution in [2.45, 2.75) is 29.5 Å². The number of thioether (sulfide) groups is 1. The van der Waals surface area contributed by atoms with Gasteiger partial charge in [-0.1, -0.05) is 45.9 Å². The number of aliphatic carboxylic acids is 1. The molecule has 0 spiro atoms. The second kappa shape index (κ2) is 6.75. The standard InChI is InChI=1S/C15H16BrN3O4S2/c1-15(16)7-6-13(24-15)25(22,23)19-11(14(20)21)8-12-17-9-4-2-3-5-10(9)18-12/h2-6,11,19H,7-8H2,1H3,(H,17,18)(H,20,21). The zero-order valence-corrected chi connectivity index (χ0v) is 16.4. The van der Waals surface area contributed by atoms with Crippen molar-refractivity contribution in [3.05, 3.63) is 40.4 Å². The summed E-state index contributed by atoms with van der Waals surface area (Å²) in [5.41, 5.74) is 1.47. The van der Waals surface area contributed by atoms with E-state index in [1.807, 2.05) is 25.1 Å². The van der Waals surface area contributed by atoms with Crippen LogP contribution in [0.5, 0.6) is 0 Å². The van der Waals surface area contributed by atoms with Gasteiger partial charge in [0.15, 0.2) is 0 Å². The number of allylic oxidation sites excluding steroid dienone is 1. The van der Waals surface area contributed by atoms with Crippen molar-refractivity contribution in [3.8, 4) is 0 Å². The predicted molar refractivity (Wildman–Crippen MR) is 101 cm³/mol. The number of halogens is 1. The van der Waals surface area contributed by atoms with Gasteiger partial charge < -0.3 is 10.1 Å². The number of hydrogen-bond donors (Lipinski definition) is 3. The van der Waals surface area contributed by atoms with Crippen LogP contribution in [0.3, 0.4) is 0 Å². The van der Waals surface area contributed by atoms with Gasteiger partial charge in [0.1, 0.15) is 16.1 Å². The zero-order chi connectivity index (χ0) is 18.2. The van der Waals surface area contributed by atoms with Crippen LogP contribution in [0.15, 0.2) is 34.6 Å². The number of nitrogens with one attached hydrogen (secondary N) is 2. The van der Waals surface area contributed by atoms with E-state index < -0.39 is 25.7 Å². The summed E-state index contributed by atoms with van der Waals surface area (Å²) in [5, 5.41) is 9.41. The number of alkyl halides is 1. The number of carboxylic acids is 1. The van der Waals surface area contributed by atoms with Crippen molar-refractivity contribution in [2.75, 3.05) is 0 Å². The average molecular weight is 446 g/mol. The van der Waals surface area contributed by atoms with Crippen molar-refractivity contribution in [1.29, 1.82) is 0 Å². The van der Waals surface area contributed by atoms with E-state index in [1.165, 1.54) is 0 Å². The number of nitrogens with zero attached hydrogens (tertiary/aromatic N) is 1. The van der Waals surface area contributed by atoms with Crippen LogP contribution in [-0.2, 0) is 21.2 Å². The van der Waals surface area contributed by atoms with E-state index in [-0.39, 0.29) is 10.7 Å². The van der Waals surface area contributed by atoms with Gasteiger partial charge in [0.2, 0.25) is 10.0 Å². The molecule has 7 nitrogen and oxygen atoms in total. The summed E-state index contributed by atoms with van der Waals surface area (Å²) >= 11 is 4.58. The van der Waals surface area contributed by atoms with Gasteiger partial charge in [-0.25, -0.2) is 13.4 Å². The molecule has 10 heteroatoms. The fraction of sp³-hybridized carbons (Fsp3) is 0.333. The van der Waals surface area contributed by atoms with Gasteiger partial charge in [0.25, 0.3) is 0 Å². The van der Waals surface area contributed by atoms with Gasteiger partial charge in [-0.05, 0) is 25.5 Å². The molecule has 2 atom stereocenters. The largest absolute Gasteiger partial charge is 0.480 e. The second-order valence-corrected chi connectivity index (χ2v) is 11.6. The number of rotatable bonds is 6. The number of fused-ring (bicyclic) bond motifs is 1. The third-order valence-electron chi connectivity index (χ3n) is 3.64. The molecule has 1 aliphatic rings. The molecule has 2 heterocycles. The van der Waals surface area contributed by atoms with E-state index in [1.54, 1.807) is 12.1 Å². The first-order valence-electron chi connectivity index (χ1n) is 7.43. The summed E-state index contributed by atoms with van der Waals surface area (Å²) in [6.45, 7) is 1.86. The lowest BCUT2D eigenvalue weighted by Crippen LogP contribution is -2.42. The fourth-order valence-electron chi connectivity index (χ4n) is 2.44. The molecular formula is C15H16BrN3O4S2. The van der Waals surface area contributed by atoms with Crippen LogP contribution in [0, 0.1) is 0 Å². The Bertz CT molecular complexity index is 920. The zero-order valence-electron chi connectivity index (χ0n) is 13.2. The van der Waals surface area contributed by atoms with E-state index >= 15 is 0 Å². The number of H-pyrrole nitrogens is 1. The number of carbonyl (C=O) groups is 1. The molecule has 1 aliphatic heterocycles. The maximum Gasteiger partial charge on any atom is 0.322 e. The van der Waals surface area contributed by atoms with Crippen LogP contribution in [0.2, 0.25) is 0 Å². The monoisotopic (exact) mass is 445 g/mol. The normalized spacial score (nSPS) is 22.1. The number of aromatic amines is 1. The Morgan fingerprint density at radius 1 is 1.52 bits per heavy atom. The summed E-state index contributed by atoms with van der Waals surface area (Å²) in [5.74, 6) is -0.844. The van der Waals surface area contributed by atoms with E-state index in [9.17, 15) is 18.3 Å². The van der Waals surface area contributed by atoms with Crippen LogP contribution in [0.1, 0.15) is 19.2 Å². The molecule has 0 aliphatic carbocycles. The van der Waals surface area contributed by atoms with Crippen LogP contribution in [0.25, 0.3) is 11.0 Å². The van der Waals surface area contributed by atoms with Crippen LogP contribution in [0.4, 0.5) is 0 Å². The highest BCUT2D eigenvalue weighted by Crippen LogP contribution is 2.47. The lowest BCUT2D eigenvalue weighted by Gasteiger charge is -2.16. The molecular weight excluding hydrogens is 430 g/mol. The Morgan fingerprint density at radius 2 is 2.24 bits per heavy atom. The highest BCUT2D eigenvalue weighted by molar-refractivity contribution is 9.12. The van der Waals surface area contributed by atoms with Gasteiger partial charge in [-0.2, -0.15) is 4.72 Å². The Kier molecular flexibility index (Phi) is 4.97. The van der Waals surface area contributed by atoms with Crippen LogP contribution < -0.4 is 4.72 Å². The maximum atomic E-state index is 12.5. The molecule has 25 heavy (non-hydrogen) atoms. The molecule has 2 aromatic rings. The molecule has 1 aromatic carbocycles. The summed E-state index contributed by atoms with van der Waals surface area (Å²) < 4.78 is 27.0. The Labute approximate surface area is 157 Å². The third-order valence-corrected chi connectivity index (χ3v) is 7.61. The molecule has 0 bridgehead atoms. The molecule has 3 rings (SSSR count). The average Bonchev–Trinajstić information content (AvgIpc) is 3.08. The molecule has 0 amide bonds. The topological polar surface area (TPSA) is 112 Å². The molecule has 2 unspecified atom stereocenters. The van der Waals surface area contributed by atoms with Crippen LogP contribution >= 0.6 is 27.7 Å². The molecule has 0 fully saturated rings. The Morgan fingerprint density at radius 3 is 2.84 bits per heavy atom.